The molecule has 32 heavy (non-hydrogen) atoms. The van der Waals surface area contributed by atoms with Crippen LogP contribution in [0.1, 0.15) is 54.0 Å². The van der Waals surface area contributed by atoms with Crippen LogP contribution >= 0.6 is 0 Å². The molecule has 0 aliphatic carbocycles. The molecule has 0 fully saturated rings. The Morgan fingerprint density at radius 2 is 1.62 bits per heavy atom. The normalized spacial score (nSPS) is 14.6. The Bertz CT molecular complexity index is 756. The van der Waals surface area contributed by atoms with Gasteiger partial charge in [0.1, 0.15) is 0 Å². The SMILES string of the molecule is B=C(N[C@H](C(=O)N[C@@H](COC(C)(C)C)C(=O)OCc1ccccc1)[C@@H](C)O)OC(C)(C)C. The van der Waals surface area contributed by atoms with Gasteiger partial charge in [-0.25, -0.2) is 0 Å². The number of carbonyl (C=O) groups is 2. The van der Waals surface area contributed by atoms with E-state index in [4.69, 9.17) is 14.2 Å². The summed E-state index contributed by atoms with van der Waals surface area (Å²) in [6.45, 7) is 12.5. The first-order chi connectivity index (χ1) is 14.7. The monoisotopic (exact) mass is 448 g/mol. The van der Waals surface area contributed by atoms with Crippen LogP contribution < -0.4 is 10.6 Å². The van der Waals surface area contributed by atoms with Crippen LogP contribution in [0.4, 0.5) is 0 Å². The molecule has 0 aliphatic heterocycles. The number of ether oxygens (including phenoxy) is 3. The molecule has 0 spiro atoms. The van der Waals surface area contributed by atoms with Crippen LogP contribution in [0.5, 0.6) is 0 Å². The summed E-state index contributed by atoms with van der Waals surface area (Å²) in [5, 5.41) is 15.5. The zero-order valence-corrected chi connectivity index (χ0v) is 20.2. The maximum absolute atomic E-state index is 12.9. The summed E-state index contributed by atoms with van der Waals surface area (Å²) in [6.07, 6.45) is -1.08. The summed E-state index contributed by atoms with van der Waals surface area (Å²) in [4.78, 5) is 25.6. The van der Waals surface area contributed by atoms with Crippen molar-refractivity contribution in [2.75, 3.05) is 6.61 Å². The number of esters is 1. The molecule has 1 aromatic rings. The zero-order valence-electron chi connectivity index (χ0n) is 20.2. The third-order valence-corrected chi connectivity index (χ3v) is 4.02. The molecule has 3 N–H and O–H groups in total. The number of nitrogens with one attached hydrogen (secondary N) is 2. The van der Waals surface area contributed by atoms with Gasteiger partial charge in [-0.15, -0.1) is 0 Å². The van der Waals surface area contributed by atoms with Crippen molar-refractivity contribution in [3.05, 3.63) is 35.9 Å². The second-order valence-electron chi connectivity index (χ2n) is 9.58. The van der Waals surface area contributed by atoms with Crippen LogP contribution in [-0.4, -0.2) is 66.2 Å². The second-order valence-corrected chi connectivity index (χ2v) is 9.58. The Labute approximate surface area is 192 Å². The number of amides is 1. The van der Waals surface area contributed by atoms with E-state index in [-0.39, 0.29) is 19.0 Å². The number of hydrogen-bond acceptors (Lipinski definition) is 7. The zero-order chi connectivity index (χ0) is 24.5. The van der Waals surface area contributed by atoms with E-state index in [1.54, 1.807) is 0 Å². The number of aliphatic hydroxyl groups excluding tert-OH is 1. The van der Waals surface area contributed by atoms with Crippen LogP contribution in [0.2, 0.25) is 0 Å². The van der Waals surface area contributed by atoms with E-state index in [2.05, 4.69) is 18.1 Å². The van der Waals surface area contributed by atoms with Crippen molar-refractivity contribution < 1.29 is 28.9 Å². The molecule has 0 aromatic heterocycles. The topological polar surface area (TPSA) is 106 Å². The molecule has 1 aromatic carbocycles. The molecule has 0 bridgehead atoms. The summed E-state index contributed by atoms with van der Waals surface area (Å²) < 4.78 is 16.7. The predicted molar refractivity (Wildman–Crippen MR) is 125 cm³/mol. The molecule has 0 saturated carbocycles. The summed E-state index contributed by atoms with van der Waals surface area (Å²) in [7, 11) is 3.75. The van der Waals surface area contributed by atoms with Crippen molar-refractivity contribution in [2.45, 2.75) is 84.5 Å². The fraction of sp³-hybridized carbons (Fsp3) is 0.609. The van der Waals surface area contributed by atoms with Gasteiger partial charge in [0.15, 0.2) is 0 Å². The van der Waals surface area contributed by atoms with Gasteiger partial charge in [0.2, 0.25) is 0 Å². The van der Waals surface area contributed by atoms with Gasteiger partial charge < -0.3 is 0 Å². The van der Waals surface area contributed by atoms with Crippen LogP contribution in [0.25, 0.3) is 0 Å². The van der Waals surface area contributed by atoms with E-state index in [0.717, 1.165) is 5.56 Å². The number of aliphatic hydroxyl groups is 1. The average Bonchev–Trinajstić information content (AvgIpc) is 2.65. The van der Waals surface area contributed by atoms with Gasteiger partial charge in [-0.1, -0.05) is 6.07 Å². The molecule has 3 atom stereocenters. The summed E-state index contributed by atoms with van der Waals surface area (Å²) in [5.41, 5.74) is -0.241. The van der Waals surface area contributed by atoms with Gasteiger partial charge in [0.05, 0.1) is 0 Å². The molecule has 1 amide bonds. The Hall–Kier alpha value is -2.39. The molecule has 0 aliphatic rings. The van der Waals surface area contributed by atoms with Crippen LogP contribution in [-0.2, 0) is 30.4 Å². The summed E-state index contributed by atoms with van der Waals surface area (Å²) in [5.74, 6) is -1.12. The molecular weight excluding hydrogens is 411 g/mol. The molecule has 0 unspecified atom stereocenters. The van der Waals surface area contributed by atoms with E-state index in [1.165, 1.54) is 6.92 Å². The van der Waals surface area contributed by atoms with E-state index in [0.29, 0.717) is 0 Å². The molecule has 9 heteroatoms. The first-order valence-corrected chi connectivity index (χ1v) is 10.7. The van der Waals surface area contributed by atoms with Crippen molar-refractivity contribution in [3.63, 3.8) is 0 Å². The first-order valence-electron chi connectivity index (χ1n) is 10.7. The number of hydrogen-bond donors (Lipinski definition) is 3. The Kier molecular flexibility index (Phi) is 10.4. The first kappa shape index (κ1) is 27.6. The Balaban J connectivity index is 2.88. The average molecular weight is 448 g/mol. The third-order valence-electron chi connectivity index (χ3n) is 4.02. The predicted octanol–water partition coefficient (Wildman–Crippen LogP) is 1.17. The summed E-state index contributed by atoms with van der Waals surface area (Å²) in [6, 6.07) is 7.06. The van der Waals surface area contributed by atoms with E-state index in [9.17, 15) is 14.7 Å². The van der Waals surface area contributed by atoms with Crippen molar-refractivity contribution in [1.29, 1.82) is 0 Å². The van der Waals surface area contributed by atoms with Gasteiger partial charge in [0.25, 0.3) is 0 Å². The van der Waals surface area contributed by atoms with Crippen molar-refractivity contribution in [1.82, 2.24) is 10.6 Å². The quantitative estimate of drug-likeness (QED) is 0.345. The van der Waals surface area contributed by atoms with Gasteiger partial charge in [-0.2, -0.15) is 0 Å². The minimum atomic E-state index is -1.09. The van der Waals surface area contributed by atoms with Gasteiger partial charge in [0, 0.05) is 0 Å². The second kappa shape index (κ2) is 12.0. The Morgan fingerprint density at radius 1 is 1.03 bits per heavy atom. The van der Waals surface area contributed by atoms with Crippen LogP contribution in [0.3, 0.4) is 0 Å². The number of benzene rings is 1. The van der Waals surface area contributed by atoms with Crippen molar-refractivity contribution in [2.24, 2.45) is 0 Å². The van der Waals surface area contributed by atoms with Gasteiger partial charge in [-0.3, -0.25) is 0 Å². The van der Waals surface area contributed by atoms with E-state index < -0.39 is 41.3 Å². The van der Waals surface area contributed by atoms with E-state index in [1.807, 2.05) is 71.9 Å². The third kappa shape index (κ3) is 11.3. The van der Waals surface area contributed by atoms with Crippen molar-refractivity contribution >= 4 is 25.1 Å². The standard InChI is InChI=1S/C23H37BN2O6/c1-15(27)18(26-21(24)32-23(5,6)7)19(28)25-17(14-31-22(2,3)4)20(29)30-13-16-11-9-8-10-12-16/h8-12,15,17-18,24,26-27H,13-14H2,1-7H3,(H,25,28)/t15-,17+,18+/m1/s1. The fourth-order valence-corrected chi connectivity index (χ4v) is 2.57. The molecule has 178 valence electrons. The number of rotatable bonds is 11. The fourth-order valence-electron chi connectivity index (χ4n) is 2.57. The van der Waals surface area contributed by atoms with Gasteiger partial charge >= 0.3 is 186 Å². The van der Waals surface area contributed by atoms with Crippen LogP contribution in [0.15, 0.2) is 30.3 Å². The molecule has 0 heterocycles. The van der Waals surface area contributed by atoms with Gasteiger partial charge in [-0.05, 0) is 0 Å². The Morgan fingerprint density at radius 3 is 2.12 bits per heavy atom. The minimum absolute atomic E-state index is 0.0653. The maximum atomic E-state index is 12.9. The molecule has 1 rings (SSSR count). The number of carbonyl (C=O) groups excluding carboxylic acids is 2. The molecule has 8 nitrogen and oxygen atoms in total. The van der Waals surface area contributed by atoms with Crippen molar-refractivity contribution in [3.8, 4) is 0 Å². The molecule has 0 radical (unpaired) electrons. The van der Waals surface area contributed by atoms with E-state index >= 15 is 0 Å². The molecule has 0 saturated heterocycles. The summed E-state index contributed by atoms with van der Waals surface area (Å²) >= 11 is 0. The molecular formula is C23H37BN2O6. The van der Waals surface area contributed by atoms with Crippen LogP contribution in [0, 0.1) is 0 Å².